The highest BCUT2D eigenvalue weighted by atomic mass is 32.1. The second-order valence-corrected chi connectivity index (χ2v) is 5.75. The van der Waals surface area contributed by atoms with Gasteiger partial charge in [-0.25, -0.2) is 10.2 Å². The largest absolute Gasteiger partial charge is 0.370 e. The SMILES string of the molecule is Cc1sc(C(=O)NN)cc1CN(C)c1ccc(F)cc1. The van der Waals surface area contributed by atoms with Gasteiger partial charge in [0, 0.05) is 24.2 Å². The number of hydrazine groups is 1. The Hall–Kier alpha value is -1.92. The highest BCUT2D eigenvalue weighted by Crippen LogP contribution is 2.24. The van der Waals surface area contributed by atoms with E-state index >= 15 is 0 Å². The van der Waals surface area contributed by atoms with Crippen molar-refractivity contribution in [1.82, 2.24) is 5.43 Å². The van der Waals surface area contributed by atoms with Crippen LogP contribution in [-0.2, 0) is 6.54 Å². The number of benzene rings is 1. The maximum atomic E-state index is 12.9. The molecule has 0 aliphatic carbocycles. The van der Waals surface area contributed by atoms with E-state index in [1.807, 2.05) is 24.9 Å². The molecule has 0 spiro atoms. The Labute approximate surface area is 121 Å². The molecular formula is C14H16FN3OS. The van der Waals surface area contributed by atoms with Gasteiger partial charge < -0.3 is 4.90 Å². The van der Waals surface area contributed by atoms with Gasteiger partial charge in [-0.3, -0.25) is 10.2 Å². The van der Waals surface area contributed by atoms with E-state index in [0.29, 0.717) is 11.4 Å². The van der Waals surface area contributed by atoms with Gasteiger partial charge in [0.15, 0.2) is 0 Å². The van der Waals surface area contributed by atoms with Gasteiger partial charge in [0.05, 0.1) is 4.88 Å². The lowest BCUT2D eigenvalue weighted by Gasteiger charge is -2.19. The fraction of sp³-hybridized carbons (Fsp3) is 0.214. The summed E-state index contributed by atoms with van der Waals surface area (Å²) >= 11 is 1.41. The molecule has 2 rings (SSSR count). The third-order valence-corrected chi connectivity index (χ3v) is 4.14. The van der Waals surface area contributed by atoms with E-state index in [9.17, 15) is 9.18 Å². The van der Waals surface area contributed by atoms with Crippen molar-refractivity contribution < 1.29 is 9.18 Å². The number of hydrogen-bond donors (Lipinski definition) is 2. The molecule has 0 bridgehead atoms. The first kappa shape index (κ1) is 14.5. The van der Waals surface area contributed by atoms with Crippen LogP contribution in [0.25, 0.3) is 0 Å². The van der Waals surface area contributed by atoms with Crippen molar-refractivity contribution in [2.45, 2.75) is 13.5 Å². The van der Waals surface area contributed by atoms with Crippen molar-refractivity contribution in [2.24, 2.45) is 5.84 Å². The Balaban J connectivity index is 2.15. The van der Waals surface area contributed by atoms with Crippen molar-refractivity contribution >= 4 is 22.9 Å². The minimum absolute atomic E-state index is 0.254. The van der Waals surface area contributed by atoms with Crippen LogP contribution in [0.15, 0.2) is 30.3 Å². The summed E-state index contributed by atoms with van der Waals surface area (Å²) in [6, 6.07) is 8.15. The molecule has 2 aromatic rings. The molecule has 1 aromatic carbocycles. The highest BCUT2D eigenvalue weighted by Gasteiger charge is 2.13. The van der Waals surface area contributed by atoms with Crippen molar-refractivity contribution in [2.75, 3.05) is 11.9 Å². The summed E-state index contributed by atoms with van der Waals surface area (Å²) in [6.07, 6.45) is 0. The lowest BCUT2D eigenvalue weighted by molar-refractivity contribution is 0.0957. The molecule has 0 aliphatic heterocycles. The molecule has 1 amide bonds. The molecular weight excluding hydrogens is 277 g/mol. The summed E-state index contributed by atoms with van der Waals surface area (Å²) in [7, 11) is 1.92. The van der Waals surface area contributed by atoms with Gasteiger partial charge in [0.2, 0.25) is 0 Å². The Morgan fingerprint density at radius 1 is 1.40 bits per heavy atom. The van der Waals surface area contributed by atoms with E-state index in [4.69, 9.17) is 5.84 Å². The van der Waals surface area contributed by atoms with Gasteiger partial charge in [0.1, 0.15) is 5.82 Å². The van der Waals surface area contributed by atoms with Crippen LogP contribution in [0.2, 0.25) is 0 Å². The first-order valence-electron chi connectivity index (χ1n) is 6.08. The van der Waals surface area contributed by atoms with Crippen molar-refractivity contribution in [3.8, 4) is 0 Å². The van der Waals surface area contributed by atoms with Crippen molar-refractivity contribution in [3.05, 3.63) is 51.5 Å². The van der Waals surface area contributed by atoms with Gasteiger partial charge in [-0.1, -0.05) is 0 Å². The summed E-state index contributed by atoms with van der Waals surface area (Å²) in [6.45, 7) is 2.61. The summed E-state index contributed by atoms with van der Waals surface area (Å²) < 4.78 is 12.9. The maximum absolute atomic E-state index is 12.9. The number of thiophene rings is 1. The predicted molar refractivity (Wildman–Crippen MR) is 79.2 cm³/mol. The number of halogens is 1. The van der Waals surface area contributed by atoms with Crippen LogP contribution in [0.5, 0.6) is 0 Å². The Morgan fingerprint density at radius 3 is 2.65 bits per heavy atom. The number of nitrogens with one attached hydrogen (secondary N) is 1. The minimum Gasteiger partial charge on any atom is -0.370 e. The van der Waals surface area contributed by atoms with E-state index in [1.54, 1.807) is 12.1 Å². The molecule has 4 nitrogen and oxygen atoms in total. The number of nitrogen functional groups attached to an aromatic ring is 1. The van der Waals surface area contributed by atoms with Crippen molar-refractivity contribution in [3.63, 3.8) is 0 Å². The molecule has 1 aromatic heterocycles. The normalized spacial score (nSPS) is 10.4. The van der Waals surface area contributed by atoms with E-state index in [1.165, 1.54) is 23.5 Å². The zero-order chi connectivity index (χ0) is 14.7. The number of nitrogens with zero attached hydrogens (tertiary/aromatic N) is 1. The molecule has 0 atom stereocenters. The monoisotopic (exact) mass is 293 g/mol. The van der Waals surface area contributed by atoms with Gasteiger partial charge in [-0.05, 0) is 42.8 Å². The number of aryl methyl sites for hydroxylation is 1. The first-order chi connectivity index (χ1) is 9.51. The van der Waals surface area contributed by atoms with Gasteiger partial charge >= 0.3 is 0 Å². The van der Waals surface area contributed by atoms with Crippen molar-refractivity contribution in [1.29, 1.82) is 0 Å². The average Bonchev–Trinajstić information content (AvgIpc) is 2.80. The minimum atomic E-state index is -0.284. The molecule has 6 heteroatoms. The molecule has 0 saturated heterocycles. The number of amides is 1. The van der Waals surface area contributed by atoms with Crippen LogP contribution < -0.4 is 16.2 Å². The summed E-state index contributed by atoms with van der Waals surface area (Å²) in [4.78, 5) is 15.1. The van der Waals surface area contributed by atoms with Gasteiger partial charge in [-0.15, -0.1) is 11.3 Å². The maximum Gasteiger partial charge on any atom is 0.275 e. The smallest absolute Gasteiger partial charge is 0.275 e. The molecule has 1 heterocycles. The van der Waals surface area contributed by atoms with Crippen LogP contribution in [0, 0.1) is 12.7 Å². The average molecular weight is 293 g/mol. The molecule has 0 unspecified atom stereocenters. The van der Waals surface area contributed by atoms with Crippen LogP contribution in [0.3, 0.4) is 0 Å². The number of hydrogen-bond acceptors (Lipinski definition) is 4. The summed E-state index contributed by atoms with van der Waals surface area (Å²) in [5.41, 5.74) is 4.10. The molecule has 0 radical (unpaired) electrons. The number of anilines is 1. The molecule has 0 fully saturated rings. The zero-order valence-electron chi connectivity index (χ0n) is 11.3. The van der Waals surface area contributed by atoms with Crippen LogP contribution >= 0.6 is 11.3 Å². The van der Waals surface area contributed by atoms with E-state index in [2.05, 4.69) is 5.43 Å². The Morgan fingerprint density at radius 2 is 2.05 bits per heavy atom. The second-order valence-electron chi connectivity index (χ2n) is 4.50. The standard InChI is InChI=1S/C14H16FN3OS/c1-9-10(7-13(20-9)14(19)17-16)8-18(2)12-5-3-11(15)4-6-12/h3-7H,8,16H2,1-2H3,(H,17,19). The molecule has 20 heavy (non-hydrogen) atoms. The zero-order valence-corrected chi connectivity index (χ0v) is 12.1. The topological polar surface area (TPSA) is 58.4 Å². The third kappa shape index (κ3) is 3.15. The summed E-state index contributed by atoms with van der Waals surface area (Å²) in [5, 5.41) is 0. The second kappa shape index (κ2) is 6.02. The molecule has 106 valence electrons. The number of carbonyl (C=O) groups is 1. The summed E-state index contributed by atoms with van der Waals surface area (Å²) in [5.74, 6) is 4.59. The highest BCUT2D eigenvalue weighted by molar-refractivity contribution is 7.14. The number of rotatable bonds is 4. The van der Waals surface area contributed by atoms with E-state index in [-0.39, 0.29) is 11.7 Å². The first-order valence-corrected chi connectivity index (χ1v) is 6.90. The van der Waals surface area contributed by atoms with Crippen LogP contribution in [0.4, 0.5) is 10.1 Å². The number of carbonyl (C=O) groups excluding carboxylic acids is 1. The van der Waals surface area contributed by atoms with Crippen LogP contribution in [-0.4, -0.2) is 13.0 Å². The van der Waals surface area contributed by atoms with E-state index < -0.39 is 0 Å². The molecule has 3 N–H and O–H groups in total. The molecule has 0 saturated carbocycles. The fourth-order valence-corrected chi connectivity index (χ4v) is 2.84. The van der Waals surface area contributed by atoms with Gasteiger partial charge in [-0.2, -0.15) is 0 Å². The third-order valence-electron chi connectivity index (χ3n) is 3.05. The molecule has 0 aliphatic rings. The van der Waals surface area contributed by atoms with Gasteiger partial charge in [0.25, 0.3) is 5.91 Å². The van der Waals surface area contributed by atoms with Crippen LogP contribution in [0.1, 0.15) is 20.1 Å². The Bertz CT molecular complexity index is 609. The number of nitrogens with two attached hydrogens (primary N) is 1. The lowest BCUT2D eigenvalue weighted by Crippen LogP contribution is -2.29. The van der Waals surface area contributed by atoms with E-state index in [0.717, 1.165) is 16.1 Å². The lowest BCUT2D eigenvalue weighted by atomic mass is 10.2. The Kier molecular flexibility index (Phi) is 4.36. The predicted octanol–water partition coefficient (Wildman–Crippen LogP) is 2.44. The quantitative estimate of drug-likeness (QED) is 0.517. The fourth-order valence-electron chi connectivity index (χ4n) is 1.90.